The number of hydrogen-bond donors (Lipinski definition) is 2. The van der Waals surface area contributed by atoms with Gasteiger partial charge < -0.3 is 14.9 Å². The Bertz CT molecular complexity index is 742. The molecule has 2 aromatic rings. The lowest BCUT2D eigenvalue weighted by Crippen LogP contribution is -2.40. The topological polar surface area (TPSA) is 83.8 Å². The van der Waals surface area contributed by atoms with Crippen LogP contribution in [0.1, 0.15) is 37.3 Å². The van der Waals surface area contributed by atoms with Crippen LogP contribution in [0.25, 0.3) is 0 Å². The number of hydrogen-bond acceptors (Lipinski definition) is 4. The van der Waals surface area contributed by atoms with Crippen LogP contribution < -0.4 is 0 Å². The summed E-state index contributed by atoms with van der Waals surface area (Å²) in [7, 11) is 0. The van der Waals surface area contributed by atoms with Crippen LogP contribution in [-0.2, 0) is 19.9 Å². The van der Waals surface area contributed by atoms with E-state index in [1.165, 1.54) is 0 Å². The molecule has 0 aliphatic carbocycles. The van der Waals surface area contributed by atoms with Crippen molar-refractivity contribution in [3.8, 4) is 0 Å². The van der Waals surface area contributed by atoms with Gasteiger partial charge >= 0.3 is 11.9 Å². The fourth-order valence-corrected chi connectivity index (χ4v) is 2.90. The van der Waals surface area contributed by atoms with Gasteiger partial charge in [-0.3, -0.25) is 4.79 Å². The van der Waals surface area contributed by atoms with Crippen LogP contribution in [0.3, 0.4) is 0 Å². The average molecular weight is 411 g/mol. The quantitative estimate of drug-likeness (QED) is 0.629. The Hall–Kier alpha value is -2.08. The van der Waals surface area contributed by atoms with Crippen LogP contribution in [0.4, 0.5) is 0 Å². The highest BCUT2D eigenvalue weighted by atomic mass is 35.5. The number of benzene rings is 2. The molecule has 0 heterocycles. The molecule has 2 N–H and O–H groups in total. The fraction of sp³-hybridized carbons (Fsp3) is 0.300. The first-order valence-corrected chi connectivity index (χ1v) is 9.16. The minimum absolute atomic E-state index is 0.0134. The van der Waals surface area contributed by atoms with Crippen LogP contribution in [0, 0.1) is 0 Å². The van der Waals surface area contributed by atoms with Crippen molar-refractivity contribution in [1.82, 2.24) is 0 Å². The summed E-state index contributed by atoms with van der Waals surface area (Å²) in [6, 6.07) is 12.5. The van der Waals surface area contributed by atoms with E-state index in [0.29, 0.717) is 34.0 Å². The zero-order chi connectivity index (χ0) is 20.0. The molecule has 0 amide bonds. The van der Waals surface area contributed by atoms with E-state index >= 15 is 0 Å². The zero-order valence-corrected chi connectivity index (χ0v) is 16.2. The maximum atomic E-state index is 12.9. The molecule has 0 spiro atoms. The van der Waals surface area contributed by atoms with E-state index in [2.05, 4.69) is 0 Å². The number of halogens is 2. The van der Waals surface area contributed by atoms with E-state index in [9.17, 15) is 14.7 Å². The first-order chi connectivity index (χ1) is 12.7. The lowest BCUT2D eigenvalue weighted by molar-refractivity contribution is -0.167. The molecule has 0 saturated heterocycles. The molecule has 7 heteroatoms. The summed E-state index contributed by atoms with van der Waals surface area (Å²) < 4.78 is 5.42. The van der Waals surface area contributed by atoms with Crippen molar-refractivity contribution in [3.63, 3.8) is 0 Å². The molecule has 0 aliphatic heterocycles. The van der Waals surface area contributed by atoms with E-state index in [1.807, 2.05) is 0 Å². The highest BCUT2D eigenvalue weighted by Gasteiger charge is 2.42. The summed E-state index contributed by atoms with van der Waals surface area (Å²) in [5, 5.41) is 21.0. The van der Waals surface area contributed by atoms with Gasteiger partial charge in [-0.2, -0.15) is 0 Å². The molecule has 0 aliphatic rings. The molecule has 5 nitrogen and oxygen atoms in total. The van der Waals surface area contributed by atoms with Crippen LogP contribution >= 0.6 is 23.2 Å². The van der Waals surface area contributed by atoms with Gasteiger partial charge in [-0.05, 0) is 55.2 Å². The summed E-state index contributed by atoms with van der Waals surface area (Å²) in [6.07, 6.45) is 0.169. The maximum Gasteiger partial charge on any atom is 0.347 e. The van der Waals surface area contributed by atoms with Crippen molar-refractivity contribution in [2.45, 2.75) is 37.9 Å². The van der Waals surface area contributed by atoms with Gasteiger partial charge in [0.05, 0.1) is 6.10 Å². The molecule has 1 atom stereocenters. The van der Waals surface area contributed by atoms with Crippen LogP contribution in [0.5, 0.6) is 0 Å². The number of aliphatic carboxylic acids is 1. The Balaban J connectivity index is 2.29. The Kier molecular flexibility index (Phi) is 7.25. The molecular formula is C20H20Cl2O5. The maximum absolute atomic E-state index is 12.9. The van der Waals surface area contributed by atoms with Gasteiger partial charge in [0, 0.05) is 16.5 Å². The first kappa shape index (κ1) is 21.2. The zero-order valence-electron chi connectivity index (χ0n) is 14.7. The van der Waals surface area contributed by atoms with Crippen molar-refractivity contribution >= 4 is 35.1 Å². The second-order valence-electron chi connectivity index (χ2n) is 6.23. The van der Waals surface area contributed by atoms with Gasteiger partial charge in [0.2, 0.25) is 5.60 Å². The number of carbonyl (C=O) groups is 2. The van der Waals surface area contributed by atoms with Crippen molar-refractivity contribution in [2.24, 2.45) is 0 Å². The number of carboxylic acids is 1. The molecule has 2 rings (SSSR count). The molecule has 0 radical (unpaired) electrons. The molecule has 0 saturated carbocycles. The molecule has 27 heavy (non-hydrogen) atoms. The normalized spacial score (nSPS) is 12.4. The Morgan fingerprint density at radius 1 is 1.00 bits per heavy atom. The van der Waals surface area contributed by atoms with Crippen LogP contribution in [0.2, 0.25) is 10.0 Å². The summed E-state index contributed by atoms with van der Waals surface area (Å²) >= 11 is 11.8. The Morgan fingerprint density at radius 3 is 1.85 bits per heavy atom. The number of carbonyl (C=O) groups excluding carboxylic acids is 1. The minimum Gasteiger partial charge on any atom is -0.481 e. The first-order valence-electron chi connectivity index (χ1n) is 8.41. The van der Waals surface area contributed by atoms with Crippen LogP contribution in [0.15, 0.2) is 48.5 Å². The third-order valence-corrected chi connectivity index (χ3v) is 4.63. The smallest absolute Gasteiger partial charge is 0.347 e. The molecule has 144 valence electrons. The highest BCUT2D eigenvalue weighted by molar-refractivity contribution is 6.30. The van der Waals surface area contributed by atoms with E-state index in [-0.39, 0.29) is 6.42 Å². The average Bonchev–Trinajstić information content (AvgIpc) is 2.61. The minimum atomic E-state index is -2.05. The van der Waals surface area contributed by atoms with E-state index in [1.54, 1.807) is 55.5 Å². The van der Waals surface area contributed by atoms with Crippen molar-refractivity contribution in [2.75, 3.05) is 0 Å². The fourth-order valence-electron chi connectivity index (χ4n) is 2.65. The lowest BCUT2D eigenvalue weighted by atomic mass is 9.86. The molecule has 0 aromatic heterocycles. The summed E-state index contributed by atoms with van der Waals surface area (Å²) in [5.74, 6) is -1.76. The number of esters is 1. The second-order valence-corrected chi connectivity index (χ2v) is 7.10. The van der Waals surface area contributed by atoms with Gasteiger partial charge in [-0.25, -0.2) is 4.79 Å². The van der Waals surface area contributed by atoms with Gasteiger partial charge in [0.25, 0.3) is 0 Å². The van der Waals surface area contributed by atoms with Crippen LogP contribution in [-0.4, -0.2) is 28.3 Å². The van der Waals surface area contributed by atoms with Gasteiger partial charge in [0.1, 0.15) is 0 Å². The predicted octanol–water partition coefficient (Wildman–Crippen LogP) is 4.42. The largest absolute Gasteiger partial charge is 0.481 e. The highest BCUT2D eigenvalue weighted by Crippen LogP contribution is 2.33. The van der Waals surface area contributed by atoms with Gasteiger partial charge in [0.15, 0.2) is 0 Å². The standard InChI is InChI=1S/C20H20Cl2O5/c1-13(3-2-4-18(23)24)27-19(25)20(26,14-5-9-16(21)10-6-14)15-7-11-17(22)12-8-15/h5-13,26H,2-4H2,1H3,(H,23,24). The van der Waals surface area contributed by atoms with Crippen molar-refractivity contribution < 1.29 is 24.5 Å². The van der Waals surface area contributed by atoms with E-state index in [0.717, 1.165) is 0 Å². The summed E-state index contributed by atoms with van der Waals surface area (Å²) in [4.78, 5) is 23.5. The lowest BCUT2D eigenvalue weighted by Gasteiger charge is -2.28. The summed E-state index contributed by atoms with van der Waals surface area (Å²) in [6.45, 7) is 1.66. The third kappa shape index (κ3) is 5.45. The predicted molar refractivity (Wildman–Crippen MR) is 103 cm³/mol. The van der Waals surface area contributed by atoms with Gasteiger partial charge in [-0.1, -0.05) is 47.5 Å². The van der Waals surface area contributed by atoms with Gasteiger partial charge in [-0.15, -0.1) is 0 Å². The number of ether oxygens (including phenoxy) is 1. The Morgan fingerprint density at radius 2 is 1.44 bits per heavy atom. The monoisotopic (exact) mass is 410 g/mol. The van der Waals surface area contributed by atoms with E-state index in [4.69, 9.17) is 33.0 Å². The molecule has 2 aromatic carbocycles. The molecule has 0 bridgehead atoms. The second kappa shape index (κ2) is 9.22. The number of aliphatic hydroxyl groups is 1. The SMILES string of the molecule is CC(CCCC(=O)O)OC(=O)C(O)(c1ccc(Cl)cc1)c1ccc(Cl)cc1. The van der Waals surface area contributed by atoms with Crippen molar-refractivity contribution in [1.29, 1.82) is 0 Å². The molecule has 0 fully saturated rings. The Labute approximate surface area is 167 Å². The summed E-state index contributed by atoms with van der Waals surface area (Å²) in [5.41, 5.74) is -1.44. The number of carboxylic acid groups (broad SMARTS) is 1. The van der Waals surface area contributed by atoms with Crippen molar-refractivity contribution in [3.05, 3.63) is 69.7 Å². The number of rotatable bonds is 8. The van der Waals surface area contributed by atoms with E-state index < -0.39 is 23.6 Å². The molecule has 1 unspecified atom stereocenters. The molecular weight excluding hydrogens is 391 g/mol. The third-order valence-electron chi connectivity index (χ3n) is 4.13.